The Morgan fingerprint density at radius 1 is 0.344 bits per heavy atom. The maximum absolute atomic E-state index is 11.3. The summed E-state index contributed by atoms with van der Waals surface area (Å²) in [4.78, 5) is 59.0. The van der Waals surface area contributed by atoms with Crippen molar-refractivity contribution in [2.24, 2.45) is 0 Å². The van der Waals surface area contributed by atoms with Gasteiger partial charge in [-0.3, -0.25) is 0 Å². The van der Waals surface area contributed by atoms with E-state index in [1.807, 2.05) is 48.6 Å². The van der Waals surface area contributed by atoms with Crippen LogP contribution in [0.4, 0.5) is 22.7 Å². The van der Waals surface area contributed by atoms with Gasteiger partial charge in [0.15, 0.2) is 0 Å². The number of rotatable bonds is 8. The van der Waals surface area contributed by atoms with E-state index < -0.39 is 32.5 Å². The summed E-state index contributed by atoms with van der Waals surface area (Å²) in [6.07, 6.45) is 8.09. The van der Waals surface area contributed by atoms with Crippen molar-refractivity contribution in [1.29, 1.82) is 0 Å². The molecule has 2 N–H and O–H groups in total. The molecule has 305 valence electrons. The van der Waals surface area contributed by atoms with Crippen molar-refractivity contribution in [2.45, 2.75) is 0 Å². The standard InChI is InChI=1S/C20H14N4.4C6H4NO2.Cu/c1-2-14-10-16-5-6-18(23-16)12-20-8-7-19(24-20)11-17-4-3-15(22-17)9-13(1)21-14;4*8-7(9)6-4-2-1-3-5-6;/h1-12,21,24H;4*2-5H;. The van der Waals surface area contributed by atoms with Gasteiger partial charge >= 0.3 is 211 Å². The van der Waals surface area contributed by atoms with E-state index in [0.717, 1.165) is 44.8 Å². The van der Waals surface area contributed by atoms with Crippen molar-refractivity contribution in [2.75, 3.05) is 0 Å². The van der Waals surface area contributed by atoms with Crippen LogP contribution in [-0.4, -0.2) is 39.6 Å². The fourth-order valence-corrected chi connectivity index (χ4v) is 10.7. The molecule has 0 saturated heterocycles. The minimum atomic E-state index is -2.49. The number of nitrogens with one attached hydrogen (secondary N) is 2. The fourth-order valence-electron chi connectivity index (χ4n) is 6.35. The molecule has 16 nitrogen and oxygen atoms in total. The van der Waals surface area contributed by atoms with Crippen LogP contribution < -0.4 is 17.8 Å². The monoisotopic (exact) mass is 861 g/mol. The van der Waals surface area contributed by atoms with E-state index in [1.54, 1.807) is 48.5 Å². The van der Waals surface area contributed by atoms with E-state index in [0.29, 0.717) is 17.8 Å². The van der Waals surface area contributed by atoms with Crippen molar-refractivity contribution in [3.63, 3.8) is 0 Å². The van der Waals surface area contributed by atoms with Crippen molar-refractivity contribution in [1.82, 2.24) is 19.9 Å². The predicted molar refractivity (Wildman–Crippen MR) is 230 cm³/mol. The van der Waals surface area contributed by atoms with Crippen LogP contribution in [-0.2, 0) is 12.8 Å². The summed E-state index contributed by atoms with van der Waals surface area (Å²) in [5.41, 5.74) is 7.22. The third-order valence-electron chi connectivity index (χ3n) is 9.13. The van der Waals surface area contributed by atoms with Gasteiger partial charge in [-0.1, -0.05) is 0 Å². The molecule has 9 rings (SSSR count). The summed E-state index contributed by atoms with van der Waals surface area (Å²) in [7, 11) is 0. The van der Waals surface area contributed by atoms with Gasteiger partial charge in [0.25, 0.3) is 0 Å². The van der Waals surface area contributed by atoms with Crippen molar-refractivity contribution >= 4 is 87.0 Å². The Morgan fingerprint density at radius 3 is 0.754 bits per heavy atom. The molecule has 0 amide bonds. The molecule has 0 fully saturated rings. The molecule has 3 aromatic heterocycles. The maximum atomic E-state index is 11.3. The number of nitrogens with zero attached hydrogens (tertiary/aromatic N) is 6. The van der Waals surface area contributed by atoms with Crippen molar-refractivity contribution in [3.8, 4) is 0 Å². The molecule has 5 heterocycles. The van der Waals surface area contributed by atoms with Gasteiger partial charge in [0.2, 0.25) is 0 Å². The van der Waals surface area contributed by atoms with Crippen LogP contribution in [0.15, 0.2) is 146 Å². The summed E-state index contributed by atoms with van der Waals surface area (Å²) in [6, 6.07) is 39.3. The van der Waals surface area contributed by atoms with Gasteiger partial charge in [0.05, 0.1) is 22.8 Å². The second-order valence-corrected chi connectivity index (χ2v) is 16.7. The fraction of sp³-hybridized carbons (Fsp3) is 0. The van der Waals surface area contributed by atoms with E-state index >= 15 is 0 Å². The van der Waals surface area contributed by atoms with E-state index in [-0.39, 0.29) is 22.7 Å². The van der Waals surface area contributed by atoms with Crippen LogP contribution in [0.2, 0.25) is 0 Å². The first-order valence-corrected chi connectivity index (χ1v) is 20.0. The molecule has 2 aliphatic rings. The number of non-ortho nitro benzene ring substituents is 4. The third-order valence-corrected chi connectivity index (χ3v) is 13.7. The van der Waals surface area contributed by atoms with Crippen molar-refractivity contribution < 1.29 is 32.5 Å². The van der Waals surface area contributed by atoms with Crippen LogP contribution in [0.3, 0.4) is 0 Å². The second kappa shape index (κ2) is 16.5. The number of benzene rings is 4. The van der Waals surface area contributed by atoms with Crippen molar-refractivity contribution in [3.05, 3.63) is 209 Å². The van der Waals surface area contributed by atoms with Gasteiger partial charge in [0.1, 0.15) is 0 Å². The number of fused-ring (bicyclic) bond motifs is 8. The Bertz CT molecular complexity index is 2680. The molecular formula is C44H30CuN8O8. The van der Waals surface area contributed by atoms with E-state index in [2.05, 4.69) is 44.2 Å². The first-order chi connectivity index (χ1) is 29.4. The van der Waals surface area contributed by atoms with Gasteiger partial charge in [-0.2, -0.15) is 0 Å². The van der Waals surface area contributed by atoms with Crippen LogP contribution >= 0.6 is 0 Å². The molecule has 2 aliphatic heterocycles. The molecule has 0 spiro atoms. The summed E-state index contributed by atoms with van der Waals surface area (Å²) < 4.78 is 2.29. The van der Waals surface area contributed by atoms with Gasteiger partial charge in [-0.15, -0.1) is 0 Å². The Labute approximate surface area is 347 Å². The summed E-state index contributed by atoms with van der Waals surface area (Å²) >= 11 is -2.49. The average molecular weight is 862 g/mol. The Hall–Kier alpha value is -8.40. The van der Waals surface area contributed by atoms with Crippen LogP contribution in [0.25, 0.3) is 46.4 Å². The first-order valence-electron chi connectivity index (χ1n) is 18.1. The quantitative estimate of drug-likeness (QED) is 0.0858. The van der Waals surface area contributed by atoms with E-state index in [4.69, 9.17) is 0 Å². The average Bonchev–Trinajstić information content (AvgIpc) is 4.10. The van der Waals surface area contributed by atoms with Gasteiger partial charge in [-0.25, -0.2) is 9.97 Å². The topological polar surface area (TPSA) is 230 Å². The molecule has 0 radical (unpaired) electrons. The number of hydrogen-bond donors (Lipinski definition) is 2. The summed E-state index contributed by atoms with van der Waals surface area (Å²) in [5, 5.41) is 45.2. The molecule has 0 unspecified atom stereocenters. The Kier molecular flexibility index (Phi) is 10.6. The SMILES string of the molecule is C1=Cc2cc3ccc(cc4nc(cc5ccc(cc1n2)[nH]5)C=C4)[nH]3.O=[N+]([O-])c1cc[c]([Cu]([c]2ccc([N+](=O)[O-])cc2)([c]2ccc([N+](=O)[O-])cc2)[c]2ccc([N+](=O)[O-])cc2)cc1. The Balaban J connectivity index is 0.000000183. The van der Waals surface area contributed by atoms with Gasteiger partial charge in [0, 0.05) is 22.1 Å². The van der Waals surface area contributed by atoms with E-state index in [1.165, 1.54) is 48.5 Å². The van der Waals surface area contributed by atoms with Crippen LogP contribution in [0, 0.1) is 40.5 Å². The molecule has 0 aliphatic carbocycles. The number of nitro groups is 4. The zero-order valence-electron chi connectivity index (χ0n) is 31.4. The Morgan fingerprint density at radius 2 is 0.557 bits per heavy atom. The first kappa shape index (κ1) is 39.4. The summed E-state index contributed by atoms with van der Waals surface area (Å²) in [6.45, 7) is 0. The van der Waals surface area contributed by atoms with Gasteiger partial charge < -0.3 is 9.97 Å². The number of nitro benzene ring substituents is 4. The number of hydrogen-bond acceptors (Lipinski definition) is 10. The zero-order chi connectivity index (χ0) is 42.7. The number of H-pyrrole nitrogens is 2. The molecule has 61 heavy (non-hydrogen) atoms. The molecule has 7 aromatic rings. The zero-order valence-corrected chi connectivity index (χ0v) is 32.4. The van der Waals surface area contributed by atoms with Gasteiger partial charge in [-0.05, 0) is 72.8 Å². The third kappa shape index (κ3) is 8.31. The molecule has 0 saturated carbocycles. The number of aromatic nitrogens is 4. The normalized spacial score (nSPS) is 11.9. The molecule has 0 atom stereocenters. The molecule has 17 heteroatoms. The second-order valence-electron chi connectivity index (χ2n) is 13.1. The molecular weight excluding hydrogens is 832 g/mol. The molecule has 8 bridgehead atoms. The minimum absolute atomic E-state index is 0.160. The predicted octanol–water partition coefficient (Wildman–Crippen LogP) is 7.73. The van der Waals surface area contributed by atoms with Crippen LogP contribution in [0.1, 0.15) is 22.8 Å². The molecule has 4 aromatic carbocycles. The van der Waals surface area contributed by atoms with E-state index in [9.17, 15) is 40.5 Å². The number of aromatic amines is 2. The van der Waals surface area contributed by atoms with Crippen LogP contribution in [0.5, 0.6) is 0 Å². The summed E-state index contributed by atoms with van der Waals surface area (Å²) in [5.74, 6) is 0.